The van der Waals surface area contributed by atoms with Crippen molar-refractivity contribution in [3.05, 3.63) is 93.5 Å². The Bertz CT molecular complexity index is 925. The number of halogens is 2. The summed E-state index contributed by atoms with van der Waals surface area (Å²) < 4.78 is 11.1. The highest BCUT2D eigenvalue weighted by molar-refractivity contribution is 6.35. The van der Waals surface area contributed by atoms with Gasteiger partial charge in [-0.15, -0.1) is 0 Å². The van der Waals surface area contributed by atoms with Crippen molar-refractivity contribution in [1.82, 2.24) is 0 Å². The molecule has 138 valence electrons. The molecule has 0 amide bonds. The summed E-state index contributed by atoms with van der Waals surface area (Å²) in [6.07, 6.45) is 0. The molecule has 0 radical (unpaired) electrons. The van der Waals surface area contributed by atoms with Gasteiger partial charge >= 0.3 is 5.97 Å². The molecule has 6 heteroatoms. The van der Waals surface area contributed by atoms with Gasteiger partial charge in [-0.2, -0.15) is 0 Å². The highest BCUT2D eigenvalue weighted by atomic mass is 35.5. The van der Waals surface area contributed by atoms with Crippen LogP contribution in [0.25, 0.3) is 0 Å². The van der Waals surface area contributed by atoms with Crippen LogP contribution >= 0.6 is 23.2 Å². The Morgan fingerprint density at radius 3 is 2.30 bits per heavy atom. The topological polar surface area (TPSA) is 61.6 Å². The van der Waals surface area contributed by atoms with E-state index in [2.05, 4.69) is 0 Å². The monoisotopic (exact) mass is 401 g/mol. The van der Waals surface area contributed by atoms with Crippen molar-refractivity contribution in [2.75, 3.05) is 5.73 Å². The molecule has 0 aliphatic carbocycles. The highest BCUT2D eigenvalue weighted by Crippen LogP contribution is 2.29. The van der Waals surface area contributed by atoms with Gasteiger partial charge in [-0.3, -0.25) is 0 Å². The van der Waals surface area contributed by atoms with Crippen LogP contribution in [0.15, 0.2) is 66.7 Å². The fraction of sp³-hybridized carbons (Fsp3) is 0.0952. The first-order valence-corrected chi connectivity index (χ1v) is 8.96. The third kappa shape index (κ3) is 4.94. The van der Waals surface area contributed by atoms with Crippen molar-refractivity contribution in [1.29, 1.82) is 0 Å². The number of nitrogens with two attached hydrogens (primary N) is 1. The van der Waals surface area contributed by atoms with Crippen LogP contribution in [0.3, 0.4) is 0 Å². The maximum absolute atomic E-state index is 12.3. The molecule has 27 heavy (non-hydrogen) atoms. The van der Waals surface area contributed by atoms with Crippen molar-refractivity contribution in [3.63, 3.8) is 0 Å². The van der Waals surface area contributed by atoms with Gasteiger partial charge in [0.25, 0.3) is 0 Å². The zero-order valence-electron chi connectivity index (χ0n) is 14.3. The predicted molar refractivity (Wildman–Crippen MR) is 107 cm³/mol. The van der Waals surface area contributed by atoms with Crippen LogP contribution < -0.4 is 10.5 Å². The number of anilines is 1. The first-order chi connectivity index (χ1) is 13.0. The molecule has 0 bridgehead atoms. The normalized spacial score (nSPS) is 10.4. The molecule has 0 unspecified atom stereocenters. The molecule has 0 heterocycles. The maximum Gasteiger partial charge on any atom is 0.338 e. The summed E-state index contributed by atoms with van der Waals surface area (Å²) in [6.45, 7) is 0.320. The number of esters is 1. The molecule has 0 aromatic heterocycles. The van der Waals surface area contributed by atoms with E-state index < -0.39 is 5.97 Å². The standard InChI is InChI=1S/C21H17Cl2NO3/c22-17-7-4-8-18(23)16(17)13-26-20-11-15(9-10-19(20)24)21(25)27-12-14-5-2-1-3-6-14/h1-11H,12-13,24H2. The molecule has 3 aromatic rings. The molecule has 0 saturated heterocycles. The molecule has 0 atom stereocenters. The van der Waals surface area contributed by atoms with E-state index in [-0.39, 0.29) is 13.2 Å². The molecule has 2 N–H and O–H groups in total. The Morgan fingerprint density at radius 2 is 1.59 bits per heavy atom. The summed E-state index contributed by atoms with van der Waals surface area (Å²) in [6, 6.07) is 19.4. The SMILES string of the molecule is Nc1ccc(C(=O)OCc2ccccc2)cc1OCc1c(Cl)cccc1Cl. The lowest BCUT2D eigenvalue weighted by Gasteiger charge is -2.12. The number of rotatable bonds is 6. The number of benzene rings is 3. The van der Waals surface area contributed by atoms with E-state index in [1.165, 1.54) is 0 Å². The average molecular weight is 402 g/mol. The van der Waals surface area contributed by atoms with Crippen molar-refractivity contribution in [3.8, 4) is 5.75 Å². The van der Waals surface area contributed by atoms with Crippen LogP contribution in [-0.2, 0) is 18.0 Å². The second kappa shape index (κ2) is 8.80. The molecule has 0 aliphatic rings. The number of carbonyl (C=O) groups is 1. The van der Waals surface area contributed by atoms with Gasteiger partial charge in [-0.1, -0.05) is 59.6 Å². The Kier molecular flexibility index (Phi) is 6.22. The first kappa shape index (κ1) is 19.1. The summed E-state index contributed by atoms with van der Waals surface area (Å²) >= 11 is 12.3. The molecular weight excluding hydrogens is 385 g/mol. The van der Waals surface area contributed by atoms with Crippen LogP contribution in [0.4, 0.5) is 5.69 Å². The summed E-state index contributed by atoms with van der Waals surface area (Å²) in [5.74, 6) is -0.0976. The fourth-order valence-electron chi connectivity index (χ4n) is 2.41. The molecule has 3 rings (SSSR count). The minimum Gasteiger partial charge on any atom is -0.487 e. The summed E-state index contributed by atoms with van der Waals surface area (Å²) in [5, 5.41) is 0.999. The van der Waals surface area contributed by atoms with E-state index in [4.69, 9.17) is 38.4 Å². The smallest absolute Gasteiger partial charge is 0.338 e. The zero-order chi connectivity index (χ0) is 19.2. The number of hydrogen-bond donors (Lipinski definition) is 1. The Labute approximate surface area is 167 Å². The van der Waals surface area contributed by atoms with Gasteiger partial charge in [0.05, 0.1) is 11.3 Å². The third-order valence-corrected chi connectivity index (χ3v) is 4.60. The molecule has 0 saturated carbocycles. The zero-order valence-corrected chi connectivity index (χ0v) is 15.8. The van der Waals surface area contributed by atoms with Gasteiger partial charge in [-0.05, 0) is 35.9 Å². The predicted octanol–water partition coefficient (Wildman–Crippen LogP) is 5.51. The van der Waals surface area contributed by atoms with Gasteiger partial charge in [0.2, 0.25) is 0 Å². The van der Waals surface area contributed by atoms with Crippen molar-refractivity contribution in [2.24, 2.45) is 0 Å². The number of carbonyl (C=O) groups excluding carboxylic acids is 1. The fourth-order valence-corrected chi connectivity index (χ4v) is 2.92. The van der Waals surface area contributed by atoms with E-state index in [9.17, 15) is 4.79 Å². The molecular formula is C21H17Cl2NO3. The molecule has 3 aromatic carbocycles. The Morgan fingerprint density at radius 1 is 0.889 bits per heavy atom. The van der Waals surface area contributed by atoms with Gasteiger partial charge in [0, 0.05) is 15.6 Å². The van der Waals surface area contributed by atoms with E-state index in [1.807, 2.05) is 30.3 Å². The van der Waals surface area contributed by atoms with Gasteiger partial charge in [0.1, 0.15) is 19.0 Å². The number of ether oxygens (including phenoxy) is 2. The summed E-state index contributed by atoms with van der Waals surface area (Å²) in [7, 11) is 0. The Hall–Kier alpha value is -2.69. The quantitative estimate of drug-likeness (QED) is 0.436. The van der Waals surface area contributed by atoms with E-state index >= 15 is 0 Å². The van der Waals surface area contributed by atoms with Crippen molar-refractivity contribution < 1.29 is 14.3 Å². The van der Waals surface area contributed by atoms with Crippen molar-refractivity contribution in [2.45, 2.75) is 13.2 Å². The second-order valence-electron chi connectivity index (χ2n) is 5.80. The third-order valence-electron chi connectivity index (χ3n) is 3.90. The molecule has 0 aliphatic heterocycles. The van der Waals surface area contributed by atoms with E-state index in [1.54, 1.807) is 36.4 Å². The first-order valence-electron chi connectivity index (χ1n) is 8.21. The molecule has 0 fully saturated rings. The molecule has 0 spiro atoms. The minimum absolute atomic E-state index is 0.130. The summed E-state index contributed by atoms with van der Waals surface area (Å²) in [5.41, 5.74) is 8.26. The highest BCUT2D eigenvalue weighted by Gasteiger charge is 2.13. The Balaban J connectivity index is 1.69. The van der Waals surface area contributed by atoms with Crippen molar-refractivity contribution >= 4 is 34.9 Å². The largest absolute Gasteiger partial charge is 0.487 e. The lowest BCUT2D eigenvalue weighted by molar-refractivity contribution is 0.0472. The number of nitrogen functional groups attached to an aromatic ring is 1. The maximum atomic E-state index is 12.3. The van der Waals surface area contributed by atoms with Gasteiger partial charge < -0.3 is 15.2 Å². The van der Waals surface area contributed by atoms with Crippen LogP contribution in [0.2, 0.25) is 10.0 Å². The second-order valence-corrected chi connectivity index (χ2v) is 6.62. The lowest BCUT2D eigenvalue weighted by atomic mass is 10.2. The van der Waals surface area contributed by atoms with Crippen LogP contribution in [0, 0.1) is 0 Å². The average Bonchev–Trinajstić information content (AvgIpc) is 2.68. The summed E-state index contributed by atoms with van der Waals surface area (Å²) in [4.78, 5) is 12.3. The minimum atomic E-state index is -0.459. The van der Waals surface area contributed by atoms with Crippen LogP contribution in [0.1, 0.15) is 21.5 Å². The van der Waals surface area contributed by atoms with Crippen LogP contribution in [0.5, 0.6) is 5.75 Å². The lowest BCUT2D eigenvalue weighted by Crippen LogP contribution is -2.07. The number of hydrogen-bond acceptors (Lipinski definition) is 4. The van der Waals surface area contributed by atoms with Gasteiger partial charge in [0.15, 0.2) is 0 Å². The van der Waals surface area contributed by atoms with Crippen LogP contribution in [-0.4, -0.2) is 5.97 Å². The van der Waals surface area contributed by atoms with E-state index in [0.717, 1.165) is 5.56 Å². The van der Waals surface area contributed by atoms with Gasteiger partial charge in [-0.25, -0.2) is 4.79 Å². The van der Waals surface area contributed by atoms with E-state index in [0.29, 0.717) is 32.6 Å². The molecule has 4 nitrogen and oxygen atoms in total.